The number of hydrogen-bond acceptors (Lipinski definition) is 8. The third-order valence-corrected chi connectivity index (χ3v) is 6.10. The molecule has 2 heterocycles. The number of hydrogen-bond donors (Lipinski definition) is 1. The van der Waals surface area contributed by atoms with Gasteiger partial charge in [0, 0.05) is 18.8 Å². The number of aliphatic imine (C=N–C) groups is 1. The van der Waals surface area contributed by atoms with Crippen molar-refractivity contribution in [3.8, 4) is 5.75 Å². The average molecular weight is 471 g/mol. The second kappa shape index (κ2) is 11.2. The smallest absolute Gasteiger partial charge is 0.338 e. The van der Waals surface area contributed by atoms with Gasteiger partial charge < -0.3 is 24.6 Å². The fourth-order valence-electron chi connectivity index (χ4n) is 3.59. The number of fused-ring (bicyclic) bond motifs is 1. The van der Waals surface area contributed by atoms with E-state index in [1.165, 1.54) is 17.8 Å². The van der Waals surface area contributed by atoms with Crippen molar-refractivity contribution in [2.45, 2.75) is 19.4 Å². The zero-order valence-corrected chi connectivity index (χ0v) is 20.3. The lowest BCUT2D eigenvalue weighted by molar-refractivity contribution is -0.138. The SMILES string of the molecule is C=CCOC(=O)C1=C(C)N=C2SC=C(CC(=O)NCCN(C)C)N2C1c1ccc(OC)cc1. The molecular formula is C24H30N4O4S. The first-order valence-electron chi connectivity index (χ1n) is 10.6. The summed E-state index contributed by atoms with van der Waals surface area (Å²) in [7, 11) is 5.52. The molecule has 0 saturated carbocycles. The predicted octanol–water partition coefficient (Wildman–Crippen LogP) is 3.07. The molecule has 1 N–H and O–H groups in total. The lowest BCUT2D eigenvalue weighted by Crippen LogP contribution is -2.38. The van der Waals surface area contributed by atoms with Gasteiger partial charge in [-0.05, 0) is 44.1 Å². The van der Waals surface area contributed by atoms with Crippen LogP contribution < -0.4 is 10.1 Å². The van der Waals surface area contributed by atoms with Crippen molar-refractivity contribution in [2.24, 2.45) is 4.99 Å². The highest BCUT2D eigenvalue weighted by Gasteiger charge is 2.41. The number of thioether (sulfide) groups is 1. The Hall–Kier alpha value is -3.04. The molecular weight excluding hydrogens is 440 g/mol. The Morgan fingerprint density at radius 2 is 2.03 bits per heavy atom. The van der Waals surface area contributed by atoms with Crippen LogP contribution in [0, 0.1) is 0 Å². The van der Waals surface area contributed by atoms with Gasteiger partial charge in [-0.15, -0.1) is 0 Å². The maximum Gasteiger partial charge on any atom is 0.338 e. The quantitative estimate of drug-likeness (QED) is 0.416. The van der Waals surface area contributed by atoms with E-state index < -0.39 is 12.0 Å². The molecule has 2 aliphatic heterocycles. The Balaban J connectivity index is 1.92. The third-order valence-electron chi connectivity index (χ3n) is 5.21. The molecule has 0 aliphatic carbocycles. The molecule has 1 aromatic rings. The van der Waals surface area contributed by atoms with Gasteiger partial charge >= 0.3 is 5.97 Å². The maximum absolute atomic E-state index is 13.0. The molecule has 176 valence electrons. The van der Waals surface area contributed by atoms with Gasteiger partial charge in [-0.2, -0.15) is 0 Å². The average Bonchev–Trinajstić information content (AvgIpc) is 3.18. The highest BCUT2D eigenvalue weighted by atomic mass is 32.2. The highest BCUT2D eigenvalue weighted by molar-refractivity contribution is 8.16. The van der Waals surface area contributed by atoms with Crippen LogP contribution in [0.5, 0.6) is 5.75 Å². The van der Waals surface area contributed by atoms with Crippen molar-refractivity contribution in [1.82, 2.24) is 15.1 Å². The molecule has 0 saturated heterocycles. The third kappa shape index (κ3) is 5.85. The van der Waals surface area contributed by atoms with Crippen LogP contribution in [-0.4, -0.2) is 67.7 Å². The van der Waals surface area contributed by atoms with Gasteiger partial charge in [0.2, 0.25) is 5.91 Å². The van der Waals surface area contributed by atoms with E-state index in [0.717, 1.165) is 23.0 Å². The van der Waals surface area contributed by atoms with Gasteiger partial charge in [0.05, 0.1) is 30.8 Å². The summed E-state index contributed by atoms with van der Waals surface area (Å²) in [5, 5.41) is 5.60. The topological polar surface area (TPSA) is 83.5 Å². The van der Waals surface area contributed by atoms with Crippen LogP contribution in [0.2, 0.25) is 0 Å². The molecule has 1 unspecified atom stereocenters. The number of amides is 1. The van der Waals surface area contributed by atoms with Crippen molar-refractivity contribution < 1.29 is 19.1 Å². The summed E-state index contributed by atoms with van der Waals surface area (Å²) in [6.45, 7) is 6.85. The van der Waals surface area contributed by atoms with Crippen molar-refractivity contribution in [3.63, 3.8) is 0 Å². The lowest BCUT2D eigenvalue weighted by Gasteiger charge is -2.36. The molecule has 0 bridgehead atoms. The number of nitrogens with zero attached hydrogens (tertiary/aromatic N) is 3. The van der Waals surface area contributed by atoms with Crippen LogP contribution in [-0.2, 0) is 14.3 Å². The normalized spacial score (nSPS) is 17.4. The van der Waals surface area contributed by atoms with Crippen molar-refractivity contribution in [2.75, 3.05) is 40.9 Å². The summed E-state index contributed by atoms with van der Waals surface area (Å²) < 4.78 is 10.7. The Kier molecular flexibility index (Phi) is 8.35. The van der Waals surface area contributed by atoms with Gasteiger partial charge in [0.25, 0.3) is 0 Å². The molecule has 0 fully saturated rings. The molecule has 0 spiro atoms. The first-order chi connectivity index (χ1) is 15.8. The summed E-state index contributed by atoms with van der Waals surface area (Å²) in [6.07, 6.45) is 1.71. The molecule has 0 radical (unpaired) electrons. The molecule has 3 rings (SSSR count). The van der Waals surface area contributed by atoms with Crippen LogP contribution in [0.3, 0.4) is 0 Å². The van der Waals surface area contributed by atoms with Crippen LogP contribution >= 0.6 is 11.8 Å². The molecule has 9 heteroatoms. The highest BCUT2D eigenvalue weighted by Crippen LogP contribution is 2.45. The number of methoxy groups -OCH3 is 1. The number of nitrogens with one attached hydrogen (secondary N) is 1. The van der Waals surface area contributed by atoms with Gasteiger partial charge in [-0.3, -0.25) is 4.79 Å². The first-order valence-corrected chi connectivity index (χ1v) is 11.5. The zero-order valence-electron chi connectivity index (χ0n) is 19.5. The van der Waals surface area contributed by atoms with E-state index in [-0.39, 0.29) is 18.9 Å². The van der Waals surface area contributed by atoms with Crippen LogP contribution in [0.25, 0.3) is 0 Å². The van der Waals surface area contributed by atoms with E-state index >= 15 is 0 Å². The van der Waals surface area contributed by atoms with E-state index in [1.54, 1.807) is 14.0 Å². The second-order valence-electron chi connectivity index (χ2n) is 7.88. The van der Waals surface area contributed by atoms with E-state index in [4.69, 9.17) is 9.47 Å². The number of ether oxygens (including phenoxy) is 2. The summed E-state index contributed by atoms with van der Waals surface area (Å²) in [4.78, 5) is 34.3. The van der Waals surface area contributed by atoms with E-state index in [0.29, 0.717) is 23.6 Å². The Bertz CT molecular complexity index is 998. The zero-order chi connectivity index (χ0) is 24.0. The maximum atomic E-state index is 13.0. The largest absolute Gasteiger partial charge is 0.497 e. The van der Waals surface area contributed by atoms with Crippen LogP contribution in [0.15, 0.2) is 64.3 Å². The standard InChI is InChI=1S/C24H30N4O4S/c1-6-13-32-23(30)21-16(2)26-24-28(22(21)17-7-9-19(31-5)10-8-17)18(15-33-24)14-20(29)25-11-12-27(3)4/h6-10,15,22H,1,11-14H2,2-5H3,(H,25,29). The Morgan fingerprint density at radius 3 is 2.67 bits per heavy atom. The summed E-state index contributed by atoms with van der Waals surface area (Å²) in [5.74, 6) is 0.176. The van der Waals surface area contributed by atoms with Crippen molar-refractivity contribution >= 4 is 28.8 Å². The number of esters is 1. The Labute approximate surface area is 199 Å². The number of allylic oxidation sites excluding steroid dienone is 1. The molecule has 1 amide bonds. The van der Waals surface area contributed by atoms with Gasteiger partial charge in [0.1, 0.15) is 12.4 Å². The molecule has 33 heavy (non-hydrogen) atoms. The molecule has 2 aliphatic rings. The fourth-order valence-corrected chi connectivity index (χ4v) is 4.55. The monoisotopic (exact) mass is 470 g/mol. The van der Waals surface area contributed by atoms with Crippen LogP contribution in [0.1, 0.15) is 24.9 Å². The molecule has 8 nitrogen and oxygen atoms in total. The predicted molar refractivity (Wildman–Crippen MR) is 131 cm³/mol. The minimum Gasteiger partial charge on any atom is -0.497 e. The molecule has 1 aromatic carbocycles. The first kappa shape index (κ1) is 24.6. The van der Waals surface area contributed by atoms with Gasteiger partial charge in [0.15, 0.2) is 5.17 Å². The number of rotatable bonds is 10. The summed E-state index contributed by atoms with van der Waals surface area (Å²) >= 11 is 1.45. The van der Waals surface area contributed by atoms with Crippen molar-refractivity contribution in [1.29, 1.82) is 0 Å². The van der Waals surface area contributed by atoms with Gasteiger partial charge in [-0.25, -0.2) is 9.79 Å². The van der Waals surface area contributed by atoms with E-state index in [2.05, 4.69) is 16.9 Å². The number of likely N-dealkylation sites (N-methyl/N-ethyl adjacent to an activating group) is 1. The Morgan fingerprint density at radius 1 is 1.30 bits per heavy atom. The molecule has 0 aromatic heterocycles. The molecule has 1 atom stereocenters. The van der Waals surface area contributed by atoms with Crippen LogP contribution in [0.4, 0.5) is 0 Å². The number of carbonyl (C=O) groups excluding carboxylic acids is 2. The second-order valence-corrected chi connectivity index (χ2v) is 8.72. The number of amidine groups is 1. The fraction of sp³-hybridized carbons (Fsp3) is 0.375. The summed E-state index contributed by atoms with van der Waals surface area (Å²) in [6, 6.07) is 7.06. The number of benzene rings is 1. The minimum absolute atomic E-state index is 0.0829. The minimum atomic E-state index is -0.475. The lowest BCUT2D eigenvalue weighted by atomic mass is 9.93. The van der Waals surface area contributed by atoms with Crippen molar-refractivity contribution in [3.05, 3.63) is 64.9 Å². The van der Waals surface area contributed by atoms with Gasteiger partial charge in [-0.1, -0.05) is 36.5 Å². The van der Waals surface area contributed by atoms with E-state index in [1.807, 2.05) is 53.6 Å². The van der Waals surface area contributed by atoms with E-state index in [9.17, 15) is 9.59 Å². The number of carbonyl (C=O) groups is 2. The summed E-state index contributed by atoms with van der Waals surface area (Å²) in [5.41, 5.74) is 2.68.